The molecule has 0 bridgehead atoms. The summed E-state index contributed by atoms with van der Waals surface area (Å²) >= 11 is 0. The molecule has 0 aliphatic heterocycles. The Labute approximate surface area is 158 Å². The van der Waals surface area contributed by atoms with Gasteiger partial charge >= 0.3 is 24.1 Å². The summed E-state index contributed by atoms with van der Waals surface area (Å²) in [7, 11) is 1.26. The zero-order valence-corrected chi connectivity index (χ0v) is 14.6. The fourth-order valence-electron chi connectivity index (χ4n) is 1.82. The molecule has 144 valence electrons. The molecule has 0 saturated heterocycles. The van der Waals surface area contributed by atoms with Crippen molar-refractivity contribution in [3.05, 3.63) is 72.3 Å². The average molecular weight is 386 g/mol. The molecule has 0 aliphatic rings. The van der Waals surface area contributed by atoms with Gasteiger partial charge in [0, 0.05) is 6.08 Å². The Morgan fingerprint density at radius 3 is 1.75 bits per heavy atom. The summed E-state index contributed by atoms with van der Waals surface area (Å²) in [6, 6.07) is 11.1. The lowest BCUT2D eigenvalue weighted by Crippen LogP contribution is -2.14. The van der Waals surface area contributed by atoms with E-state index in [1.165, 1.54) is 55.6 Å². The molecular formula is C19H14O9. The van der Waals surface area contributed by atoms with Crippen LogP contribution in [0.25, 0.3) is 0 Å². The second-order valence-corrected chi connectivity index (χ2v) is 4.97. The van der Waals surface area contributed by atoms with Crippen LogP contribution in [0.3, 0.4) is 0 Å². The van der Waals surface area contributed by atoms with Crippen LogP contribution in [-0.2, 0) is 19.3 Å². The van der Waals surface area contributed by atoms with Crippen molar-refractivity contribution in [1.82, 2.24) is 0 Å². The SMILES string of the molecule is C=CC(=O)OOC(=O)Oc1ccc(C(=O)Oc2ccc(C(=O)OC)cc2)cc1. The molecule has 2 aromatic carbocycles. The summed E-state index contributed by atoms with van der Waals surface area (Å²) < 4.78 is 14.5. The van der Waals surface area contributed by atoms with Crippen LogP contribution in [0.1, 0.15) is 20.7 Å². The number of esters is 2. The monoisotopic (exact) mass is 386 g/mol. The van der Waals surface area contributed by atoms with Gasteiger partial charge in [-0.3, -0.25) is 0 Å². The van der Waals surface area contributed by atoms with Gasteiger partial charge in [-0.1, -0.05) is 6.58 Å². The number of hydrogen-bond acceptors (Lipinski definition) is 9. The summed E-state index contributed by atoms with van der Waals surface area (Å²) in [5.41, 5.74) is 0.491. The third-order valence-electron chi connectivity index (χ3n) is 3.14. The van der Waals surface area contributed by atoms with Crippen LogP contribution >= 0.6 is 0 Å². The fraction of sp³-hybridized carbons (Fsp3) is 0.0526. The van der Waals surface area contributed by atoms with Gasteiger partial charge in [-0.05, 0) is 48.5 Å². The zero-order valence-electron chi connectivity index (χ0n) is 14.6. The Hall–Kier alpha value is -4.14. The highest BCUT2D eigenvalue weighted by atomic mass is 17.2. The van der Waals surface area contributed by atoms with Crippen molar-refractivity contribution in [2.45, 2.75) is 0 Å². The molecule has 0 N–H and O–H groups in total. The number of hydrogen-bond donors (Lipinski definition) is 0. The van der Waals surface area contributed by atoms with E-state index >= 15 is 0 Å². The summed E-state index contributed by atoms with van der Waals surface area (Å²) in [4.78, 5) is 53.7. The maximum atomic E-state index is 12.1. The van der Waals surface area contributed by atoms with Crippen LogP contribution in [0.2, 0.25) is 0 Å². The lowest BCUT2D eigenvalue weighted by atomic mass is 10.2. The minimum Gasteiger partial charge on any atom is -0.465 e. The number of methoxy groups -OCH3 is 1. The van der Waals surface area contributed by atoms with Crippen LogP contribution in [0.15, 0.2) is 61.2 Å². The van der Waals surface area contributed by atoms with E-state index < -0.39 is 24.1 Å². The normalized spacial score (nSPS) is 9.61. The van der Waals surface area contributed by atoms with Gasteiger partial charge in [0.2, 0.25) is 0 Å². The topological polar surface area (TPSA) is 114 Å². The first-order valence-electron chi connectivity index (χ1n) is 7.66. The van der Waals surface area contributed by atoms with Gasteiger partial charge in [0.05, 0.1) is 18.2 Å². The molecule has 9 nitrogen and oxygen atoms in total. The van der Waals surface area contributed by atoms with Crippen molar-refractivity contribution < 1.29 is 43.2 Å². The summed E-state index contributed by atoms with van der Waals surface area (Å²) in [6.45, 7) is 3.12. The second-order valence-electron chi connectivity index (χ2n) is 4.97. The maximum absolute atomic E-state index is 12.1. The van der Waals surface area contributed by atoms with Crippen LogP contribution < -0.4 is 9.47 Å². The highest BCUT2D eigenvalue weighted by Crippen LogP contribution is 2.17. The molecule has 0 aliphatic carbocycles. The molecule has 0 saturated carbocycles. The molecule has 0 radical (unpaired) electrons. The van der Waals surface area contributed by atoms with Crippen molar-refractivity contribution in [3.63, 3.8) is 0 Å². The van der Waals surface area contributed by atoms with Gasteiger partial charge in [-0.2, -0.15) is 4.79 Å². The number of ether oxygens (including phenoxy) is 3. The van der Waals surface area contributed by atoms with Gasteiger partial charge in [-0.25, -0.2) is 24.2 Å². The Bertz CT molecular complexity index is 883. The molecule has 0 atom stereocenters. The van der Waals surface area contributed by atoms with Crippen molar-refractivity contribution >= 4 is 24.1 Å². The third-order valence-corrected chi connectivity index (χ3v) is 3.14. The molecule has 2 aromatic rings. The predicted octanol–water partition coefficient (Wildman–Crippen LogP) is 2.85. The highest BCUT2D eigenvalue weighted by Gasteiger charge is 2.13. The van der Waals surface area contributed by atoms with Gasteiger partial charge in [0.1, 0.15) is 11.5 Å². The minimum atomic E-state index is -1.28. The van der Waals surface area contributed by atoms with E-state index in [0.717, 1.165) is 6.08 Å². The van der Waals surface area contributed by atoms with E-state index in [-0.39, 0.29) is 17.1 Å². The summed E-state index contributed by atoms with van der Waals surface area (Å²) in [5.74, 6) is -1.87. The molecule has 9 heteroatoms. The number of carbonyl (C=O) groups is 4. The second kappa shape index (κ2) is 9.53. The lowest BCUT2D eigenvalue weighted by molar-refractivity contribution is -0.233. The molecule has 0 spiro atoms. The van der Waals surface area contributed by atoms with Gasteiger partial charge in [0.25, 0.3) is 0 Å². The van der Waals surface area contributed by atoms with E-state index in [4.69, 9.17) is 9.47 Å². The average Bonchev–Trinajstić information content (AvgIpc) is 2.72. The van der Waals surface area contributed by atoms with Crippen LogP contribution in [0.4, 0.5) is 4.79 Å². The smallest absolute Gasteiger partial charge is 0.465 e. The maximum Gasteiger partial charge on any atom is 0.555 e. The number of benzene rings is 2. The first-order valence-corrected chi connectivity index (χ1v) is 7.66. The quantitative estimate of drug-likeness (QED) is 0.191. The van der Waals surface area contributed by atoms with Gasteiger partial charge in [0.15, 0.2) is 0 Å². The molecule has 0 amide bonds. The van der Waals surface area contributed by atoms with E-state index in [1.807, 2.05) is 0 Å². The Morgan fingerprint density at radius 1 is 0.750 bits per heavy atom. The number of rotatable bonds is 5. The summed E-state index contributed by atoms with van der Waals surface area (Å²) in [6.07, 6.45) is -0.479. The number of carbonyl (C=O) groups excluding carboxylic acids is 4. The Kier molecular flexibility index (Phi) is 6.87. The van der Waals surface area contributed by atoms with E-state index in [2.05, 4.69) is 21.1 Å². The van der Waals surface area contributed by atoms with Crippen molar-refractivity contribution in [3.8, 4) is 11.5 Å². The van der Waals surface area contributed by atoms with Gasteiger partial charge < -0.3 is 14.2 Å². The predicted molar refractivity (Wildman–Crippen MR) is 92.6 cm³/mol. The molecular weight excluding hydrogens is 372 g/mol. The molecule has 0 unspecified atom stereocenters. The van der Waals surface area contributed by atoms with Crippen molar-refractivity contribution in [2.75, 3.05) is 7.11 Å². The lowest BCUT2D eigenvalue weighted by Gasteiger charge is -2.06. The van der Waals surface area contributed by atoms with Crippen LogP contribution in [0.5, 0.6) is 11.5 Å². The van der Waals surface area contributed by atoms with E-state index in [1.54, 1.807) is 0 Å². The third kappa shape index (κ3) is 5.70. The highest BCUT2D eigenvalue weighted by molar-refractivity contribution is 5.92. The van der Waals surface area contributed by atoms with Crippen molar-refractivity contribution in [2.24, 2.45) is 0 Å². The summed E-state index contributed by atoms with van der Waals surface area (Å²) in [5, 5.41) is 0. The fourth-order valence-corrected chi connectivity index (χ4v) is 1.82. The molecule has 0 aromatic heterocycles. The zero-order chi connectivity index (χ0) is 20.5. The largest absolute Gasteiger partial charge is 0.555 e. The standard InChI is InChI=1S/C19H14O9/c1-3-16(20)27-28-19(23)26-15-10-6-13(7-11-15)18(22)25-14-8-4-12(5-9-14)17(21)24-2/h3-11H,1H2,2H3. The van der Waals surface area contributed by atoms with Crippen LogP contribution in [-0.4, -0.2) is 31.2 Å². The van der Waals surface area contributed by atoms with Crippen molar-refractivity contribution in [1.29, 1.82) is 0 Å². The first kappa shape index (κ1) is 20.2. The molecule has 28 heavy (non-hydrogen) atoms. The van der Waals surface area contributed by atoms with E-state index in [9.17, 15) is 19.2 Å². The first-order chi connectivity index (χ1) is 13.4. The van der Waals surface area contributed by atoms with Crippen LogP contribution in [0, 0.1) is 0 Å². The Morgan fingerprint density at radius 2 is 1.25 bits per heavy atom. The molecule has 0 heterocycles. The van der Waals surface area contributed by atoms with Gasteiger partial charge in [-0.15, -0.1) is 0 Å². The Balaban J connectivity index is 1.92. The minimum absolute atomic E-state index is 0.0404. The van der Waals surface area contributed by atoms with E-state index in [0.29, 0.717) is 5.56 Å². The molecule has 0 fully saturated rings. The molecule has 2 rings (SSSR count).